The summed E-state index contributed by atoms with van der Waals surface area (Å²) in [6, 6.07) is 54.4. The molecule has 29 nitrogen and oxygen atoms in total. The van der Waals surface area contributed by atoms with Crippen LogP contribution >= 0.6 is 0 Å². The first-order valence-corrected chi connectivity index (χ1v) is 37.1. The SMILES string of the molecule is CC(=O)O[C@H]1[C@@H](OC(C)=O)[C@@H](C)O[C@@H](O[C@H]2[C@H](OCc3ccccc3)[C@@H](O[C@@H]3OC[C@@H](OC(C)=O)[C@H](OC(C)=O)[C@H]3OC(C)=O)[C@H](O[C@H]3[C@H](OCc4ccccc4)[C@@H](O)[C@H](O[C@@H]4[C@@H](OCc5ccccc5)[C@H](OCc5ccccc5)O[C@H](C)[C@H]4OCc4ccccc4)O[C@@H]3C)O[C@@H]2COC(=O)c2ccccc2)[C@@H]1OC(C)=O. The average molecular weight is 1560 g/mol. The van der Waals surface area contributed by atoms with Gasteiger partial charge in [-0.15, -0.1) is 0 Å². The molecule has 0 radical (unpaired) electrons. The fourth-order valence-electron chi connectivity index (χ4n) is 13.9. The molecule has 0 spiro atoms. The Kier molecular flexibility index (Phi) is 30.5. The van der Waals surface area contributed by atoms with Gasteiger partial charge in [-0.05, 0) is 60.7 Å². The molecular formula is C83H96O29. The summed E-state index contributed by atoms with van der Waals surface area (Å²) in [6.07, 6.45) is -36.0. The number of carbonyl (C=O) groups excluding carboxylic acids is 7. The van der Waals surface area contributed by atoms with E-state index in [-0.39, 0.29) is 38.6 Å². The third kappa shape index (κ3) is 22.9. The normalized spacial score (nSPS) is 31.2. The maximum atomic E-state index is 14.4. The van der Waals surface area contributed by atoms with Crippen molar-refractivity contribution in [3.63, 3.8) is 0 Å². The molecular weight excluding hydrogens is 1460 g/mol. The number of ether oxygens (including phenoxy) is 21. The number of hydrogen-bond acceptors (Lipinski definition) is 29. The molecule has 24 atom stereocenters. The molecule has 5 aliphatic rings. The van der Waals surface area contributed by atoms with Gasteiger partial charge in [0.15, 0.2) is 68.1 Å². The van der Waals surface area contributed by atoms with Gasteiger partial charge in [-0.1, -0.05) is 170 Å². The van der Waals surface area contributed by atoms with E-state index >= 15 is 0 Å². The van der Waals surface area contributed by atoms with Crippen molar-refractivity contribution in [2.24, 2.45) is 0 Å². The molecule has 0 unspecified atom stereocenters. The Labute approximate surface area is 648 Å². The Balaban J connectivity index is 1.04. The number of rotatable bonds is 32. The molecule has 5 fully saturated rings. The lowest BCUT2D eigenvalue weighted by Gasteiger charge is -2.52. The summed E-state index contributed by atoms with van der Waals surface area (Å²) in [4.78, 5) is 93.1. The first-order valence-electron chi connectivity index (χ1n) is 37.1. The van der Waals surface area contributed by atoms with Crippen molar-refractivity contribution >= 4 is 41.8 Å². The Morgan fingerprint density at radius 1 is 0.321 bits per heavy atom. The van der Waals surface area contributed by atoms with E-state index in [1.165, 1.54) is 19.1 Å². The molecule has 1 N–H and O–H groups in total. The highest BCUT2D eigenvalue weighted by Gasteiger charge is 2.60. The third-order valence-corrected chi connectivity index (χ3v) is 19.0. The van der Waals surface area contributed by atoms with Gasteiger partial charge in [-0.25, -0.2) is 4.79 Å². The number of hydrogen-bond donors (Lipinski definition) is 1. The van der Waals surface area contributed by atoms with Crippen LogP contribution in [0.5, 0.6) is 0 Å². The van der Waals surface area contributed by atoms with Crippen LogP contribution in [0, 0.1) is 0 Å². The highest BCUT2D eigenvalue weighted by Crippen LogP contribution is 2.42. The topological polar surface area (TPSA) is 334 Å². The van der Waals surface area contributed by atoms with Crippen LogP contribution in [0.25, 0.3) is 0 Å². The molecule has 0 aliphatic carbocycles. The molecule has 602 valence electrons. The minimum absolute atomic E-state index is 0.0531. The monoisotopic (exact) mass is 1560 g/mol. The van der Waals surface area contributed by atoms with Crippen LogP contribution in [0.3, 0.4) is 0 Å². The van der Waals surface area contributed by atoms with Gasteiger partial charge >= 0.3 is 41.8 Å². The second kappa shape index (κ2) is 40.7. The van der Waals surface area contributed by atoms with Crippen molar-refractivity contribution in [1.29, 1.82) is 0 Å². The quantitative estimate of drug-likeness (QED) is 0.0307. The predicted molar refractivity (Wildman–Crippen MR) is 388 cm³/mol. The minimum Gasteiger partial charge on any atom is -0.459 e. The van der Waals surface area contributed by atoms with E-state index in [1.807, 2.05) is 128 Å². The number of aliphatic hydroxyl groups excluding tert-OH is 1. The highest BCUT2D eigenvalue weighted by molar-refractivity contribution is 5.89. The first kappa shape index (κ1) is 83.9. The van der Waals surface area contributed by atoms with Gasteiger partial charge in [-0.2, -0.15) is 0 Å². The molecule has 0 bridgehead atoms. The van der Waals surface area contributed by atoms with Crippen molar-refractivity contribution in [2.75, 3.05) is 13.2 Å². The summed E-state index contributed by atoms with van der Waals surface area (Å²) in [5.74, 6) is -6.10. The smallest absolute Gasteiger partial charge is 0.338 e. The predicted octanol–water partition coefficient (Wildman–Crippen LogP) is 8.21. The molecule has 5 saturated heterocycles. The summed E-state index contributed by atoms with van der Waals surface area (Å²) in [5.41, 5.74) is 3.84. The molecule has 112 heavy (non-hydrogen) atoms. The van der Waals surface area contributed by atoms with E-state index in [2.05, 4.69) is 0 Å². The zero-order chi connectivity index (χ0) is 79.4. The van der Waals surface area contributed by atoms with Crippen LogP contribution in [-0.4, -0.2) is 208 Å². The van der Waals surface area contributed by atoms with E-state index in [0.29, 0.717) is 11.1 Å². The van der Waals surface area contributed by atoms with E-state index in [4.69, 9.17) is 99.5 Å². The van der Waals surface area contributed by atoms with E-state index in [9.17, 15) is 38.7 Å². The van der Waals surface area contributed by atoms with Gasteiger partial charge in [-0.3, -0.25) is 28.8 Å². The molecule has 6 aromatic carbocycles. The molecule has 5 heterocycles. The summed E-state index contributed by atoms with van der Waals surface area (Å²) in [7, 11) is 0. The molecule has 29 heteroatoms. The van der Waals surface area contributed by atoms with Crippen LogP contribution in [0.1, 0.15) is 100 Å². The summed E-state index contributed by atoms with van der Waals surface area (Å²) in [6.45, 7) is 10.0. The summed E-state index contributed by atoms with van der Waals surface area (Å²) >= 11 is 0. The van der Waals surface area contributed by atoms with E-state index < -0.39 is 202 Å². The lowest BCUT2D eigenvalue weighted by molar-refractivity contribution is -0.406. The Morgan fingerprint density at radius 2 is 0.679 bits per heavy atom. The fourth-order valence-corrected chi connectivity index (χ4v) is 13.9. The van der Waals surface area contributed by atoms with Crippen molar-refractivity contribution in [3.8, 4) is 0 Å². The summed E-state index contributed by atoms with van der Waals surface area (Å²) < 4.78 is 138. The maximum Gasteiger partial charge on any atom is 0.338 e. The Hall–Kier alpha value is -8.99. The van der Waals surface area contributed by atoms with Crippen LogP contribution in [0.4, 0.5) is 0 Å². The number of aliphatic hydroxyl groups is 1. The molecule has 0 aromatic heterocycles. The van der Waals surface area contributed by atoms with E-state index in [1.54, 1.807) is 55.5 Å². The van der Waals surface area contributed by atoms with Crippen molar-refractivity contribution in [2.45, 2.75) is 243 Å². The zero-order valence-electron chi connectivity index (χ0n) is 63.5. The van der Waals surface area contributed by atoms with E-state index in [0.717, 1.165) is 58.2 Å². The van der Waals surface area contributed by atoms with Gasteiger partial charge < -0.3 is 105 Å². The molecule has 5 aliphatic heterocycles. The number of benzene rings is 6. The first-order chi connectivity index (χ1) is 54.0. The second-order valence-electron chi connectivity index (χ2n) is 27.6. The van der Waals surface area contributed by atoms with Gasteiger partial charge in [0.1, 0.15) is 67.6 Å². The molecule has 6 aromatic rings. The van der Waals surface area contributed by atoms with Crippen molar-refractivity contribution in [1.82, 2.24) is 0 Å². The second-order valence-corrected chi connectivity index (χ2v) is 27.6. The lowest BCUT2D eigenvalue weighted by Crippen LogP contribution is -2.69. The highest BCUT2D eigenvalue weighted by atomic mass is 16.8. The largest absolute Gasteiger partial charge is 0.459 e. The van der Waals surface area contributed by atoms with Gasteiger partial charge in [0.2, 0.25) is 0 Å². The van der Waals surface area contributed by atoms with Gasteiger partial charge in [0, 0.05) is 41.5 Å². The number of esters is 7. The molecule has 0 saturated carbocycles. The van der Waals surface area contributed by atoms with Gasteiger partial charge in [0.05, 0.1) is 63.5 Å². The third-order valence-electron chi connectivity index (χ3n) is 19.0. The summed E-state index contributed by atoms with van der Waals surface area (Å²) in [5, 5.41) is 13.5. The van der Waals surface area contributed by atoms with Crippen molar-refractivity contribution < 1.29 is 138 Å². The minimum atomic E-state index is -1.92. The molecule has 0 amide bonds. The maximum absolute atomic E-state index is 14.4. The van der Waals surface area contributed by atoms with Crippen LogP contribution in [0.2, 0.25) is 0 Å². The lowest BCUT2D eigenvalue weighted by atomic mass is 9.95. The standard InChI is InChI=1S/C83H96O29/c1-47-65(92-40-56-28-16-10-17-29-56)72(74(95-43-59-34-22-13-23-35-59)80(100-47)97-44-60-36-24-14-25-37-60)111-79-64(90)70(93-41-57-30-18-11-19-31-57)66(48(2)99-79)109-83-76(112-81-75(106-54(8)88)69(104-52(6)86)62(46-98-81)102-50(4)84)71(94-42-58-32-20-12-21-33-58)68(63(108-83)45-96-78(91)61-38-26-15-27-39-61)110-82-77(107-55(9)89)73(105-53(7)87)67(49(3)101-82)103-51(5)85/h10-39,47-49,62-77,79-83,90H,40-46H2,1-9H3/t47-,48-,49-,62-,63-,64-,65-,66-,67+,68-,69+,70-,71+,72+,73+,74-,75-,76-,77-,79+,80-,81+,82+,83+/m1/s1. The van der Waals surface area contributed by atoms with Gasteiger partial charge in [0.25, 0.3) is 0 Å². The molecule has 11 rings (SSSR count). The Morgan fingerprint density at radius 3 is 1.18 bits per heavy atom. The van der Waals surface area contributed by atoms with Crippen molar-refractivity contribution in [3.05, 3.63) is 215 Å². The average Bonchev–Trinajstić information content (AvgIpc) is 0.768. The van der Waals surface area contributed by atoms with Crippen LogP contribution < -0.4 is 0 Å². The Bertz CT molecular complexity index is 3960. The van der Waals surface area contributed by atoms with Crippen LogP contribution in [-0.2, 0) is 161 Å². The number of carbonyl (C=O) groups is 7. The zero-order valence-corrected chi connectivity index (χ0v) is 63.5. The van der Waals surface area contributed by atoms with Crippen LogP contribution in [0.15, 0.2) is 182 Å². The fraction of sp³-hybridized carbons (Fsp3) is 0.482.